The Hall–Kier alpha value is -1.42. The van der Waals surface area contributed by atoms with Crippen molar-refractivity contribution in [3.8, 4) is 11.5 Å². The highest BCUT2D eigenvalue weighted by Crippen LogP contribution is 2.33. The fourth-order valence-electron chi connectivity index (χ4n) is 1.30. The largest absolute Gasteiger partial charge is 0.493 e. The second-order valence-electron chi connectivity index (χ2n) is 3.12. The highest BCUT2D eigenvalue weighted by Gasteiger charge is 2.11. The van der Waals surface area contributed by atoms with E-state index in [9.17, 15) is 0 Å². The van der Waals surface area contributed by atoms with E-state index in [1.807, 2.05) is 6.92 Å². The van der Waals surface area contributed by atoms with Crippen molar-refractivity contribution in [3.63, 3.8) is 0 Å². The van der Waals surface area contributed by atoms with Gasteiger partial charge in [0.15, 0.2) is 11.5 Å². The van der Waals surface area contributed by atoms with Crippen LogP contribution in [0.3, 0.4) is 0 Å². The molecular weight excluding hydrogens is 180 g/mol. The Labute approximate surface area is 83.8 Å². The predicted octanol–water partition coefficient (Wildman–Crippen LogP) is 1.31. The van der Waals surface area contributed by atoms with Crippen LogP contribution < -0.4 is 20.9 Å². The number of anilines is 1. The van der Waals surface area contributed by atoms with Crippen molar-refractivity contribution >= 4 is 5.69 Å². The number of rotatable bonds is 3. The SMILES string of the molecule is COc1cc(N)c([C@@H](C)N)cc1OC. The summed E-state index contributed by atoms with van der Waals surface area (Å²) in [6.07, 6.45) is 0. The Morgan fingerprint density at radius 3 is 2.07 bits per heavy atom. The molecule has 0 heterocycles. The average molecular weight is 196 g/mol. The molecule has 0 aliphatic heterocycles. The molecule has 1 atom stereocenters. The third-order valence-electron chi connectivity index (χ3n) is 2.08. The molecule has 0 saturated heterocycles. The number of hydrogen-bond acceptors (Lipinski definition) is 4. The Morgan fingerprint density at radius 2 is 1.64 bits per heavy atom. The first kappa shape index (κ1) is 10.7. The highest BCUT2D eigenvalue weighted by atomic mass is 16.5. The van der Waals surface area contributed by atoms with E-state index in [0.29, 0.717) is 17.2 Å². The molecule has 0 bridgehead atoms. The second kappa shape index (κ2) is 4.19. The van der Waals surface area contributed by atoms with E-state index in [1.54, 1.807) is 26.4 Å². The first-order valence-corrected chi connectivity index (χ1v) is 4.37. The molecular formula is C10H16N2O2. The van der Waals surface area contributed by atoms with Crippen LogP contribution in [0.15, 0.2) is 12.1 Å². The molecule has 4 N–H and O–H groups in total. The zero-order valence-corrected chi connectivity index (χ0v) is 8.70. The Kier molecular flexibility index (Phi) is 3.19. The number of benzene rings is 1. The zero-order valence-electron chi connectivity index (χ0n) is 8.70. The lowest BCUT2D eigenvalue weighted by atomic mass is 10.1. The number of ether oxygens (including phenoxy) is 2. The smallest absolute Gasteiger partial charge is 0.162 e. The second-order valence-corrected chi connectivity index (χ2v) is 3.12. The van der Waals surface area contributed by atoms with E-state index >= 15 is 0 Å². The van der Waals surface area contributed by atoms with E-state index in [0.717, 1.165) is 5.56 Å². The molecule has 0 aromatic heterocycles. The molecule has 0 aliphatic rings. The quantitative estimate of drug-likeness (QED) is 0.715. The summed E-state index contributed by atoms with van der Waals surface area (Å²) < 4.78 is 10.3. The van der Waals surface area contributed by atoms with Gasteiger partial charge in [-0.15, -0.1) is 0 Å². The van der Waals surface area contributed by atoms with Crippen LogP contribution in [-0.4, -0.2) is 14.2 Å². The molecule has 78 valence electrons. The minimum atomic E-state index is -0.116. The standard InChI is InChI=1S/C10H16N2O2/c1-6(11)7-4-9(13-2)10(14-3)5-8(7)12/h4-6H,11-12H2,1-3H3/t6-/m1/s1. The average Bonchev–Trinajstić information content (AvgIpc) is 2.16. The maximum atomic E-state index is 5.81. The van der Waals surface area contributed by atoms with Crippen LogP contribution in [0.4, 0.5) is 5.69 Å². The number of hydrogen-bond donors (Lipinski definition) is 2. The number of methoxy groups -OCH3 is 2. The Morgan fingerprint density at radius 1 is 1.14 bits per heavy atom. The van der Waals surface area contributed by atoms with Crippen LogP contribution in [0, 0.1) is 0 Å². The monoisotopic (exact) mass is 196 g/mol. The minimum absolute atomic E-state index is 0.116. The lowest BCUT2D eigenvalue weighted by Crippen LogP contribution is -2.08. The van der Waals surface area contributed by atoms with Crippen LogP contribution in [0.25, 0.3) is 0 Å². The van der Waals surface area contributed by atoms with Gasteiger partial charge in [-0.25, -0.2) is 0 Å². The predicted molar refractivity (Wildman–Crippen MR) is 56.6 cm³/mol. The fourth-order valence-corrected chi connectivity index (χ4v) is 1.30. The Bertz CT molecular complexity index is 324. The maximum Gasteiger partial charge on any atom is 0.162 e. The van der Waals surface area contributed by atoms with Gasteiger partial charge in [0.2, 0.25) is 0 Å². The molecule has 0 fully saturated rings. The van der Waals surface area contributed by atoms with Gasteiger partial charge in [0.1, 0.15) is 0 Å². The van der Waals surface area contributed by atoms with Gasteiger partial charge in [0.25, 0.3) is 0 Å². The summed E-state index contributed by atoms with van der Waals surface area (Å²) in [6.45, 7) is 1.87. The summed E-state index contributed by atoms with van der Waals surface area (Å²) in [7, 11) is 3.15. The number of nitrogens with two attached hydrogens (primary N) is 2. The minimum Gasteiger partial charge on any atom is -0.493 e. The lowest BCUT2D eigenvalue weighted by molar-refractivity contribution is 0.354. The van der Waals surface area contributed by atoms with Crippen molar-refractivity contribution in [2.24, 2.45) is 5.73 Å². The van der Waals surface area contributed by atoms with Gasteiger partial charge >= 0.3 is 0 Å². The van der Waals surface area contributed by atoms with Crippen LogP contribution in [0.2, 0.25) is 0 Å². The third kappa shape index (κ3) is 1.90. The van der Waals surface area contributed by atoms with Gasteiger partial charge in [-0.05, 0) is 18.6 Å². The Balaban J connectivity index is 3.23. The first-order valence-electron chi connectivity index (χ1n) is 4.37. The van der Waals surface area contributed by atoms with Crippen molar-refractivity contribution in [3.05, 3.63) is 17.7 Å². The molecule has 1 rings (SSSR count). The molecule has 0 saturated carbocycles. The van der Waals surface area contributed by atoms with Crippen LogP contribution in [0.1, 0.15) is 18.5 Å². The fraction of sp³-hybridized carbons (Fsp3) is 0.400. The molecule has 4 nitrogen and oxygen atoms in total. The normalized spacial score (nSPS) is 12.3. The first-order chi connectivity index (χ1) is 6.60. The van der Waals surface area contributed by atoms with Gasteiger partial charge < -0.3 is 20.9 Å². The zero-order chi connectivity index (χ0) is 10.7. The summed E-state index contributed by atoms with van der Waals surface area (Å²) in [4.78, 5) is 0. The van der Waals surface area contributed by atoms with Crippen molar-refractivity contribution in [2.75, 3.05) is 20.0 Å². The van der Waals surface area contributed by atoms with Crippen LogP contribution >= 0.6 is 0 Å². The van der Waals surface area contributed by atoms with Gasteiger partial charge in [0, 0.05) is 17.8 Å². The number of nitrogen functional groups attached to an aromatic ring is 1. The van der Waals surface area contributed by atoms with Crippen molar-refractivity contribution < 1.29 is 9.47 Å². The van der Waals surface area contributed by atoms with Crippen LogP contribution in [-0.2, 0) is 0 Å². The van der Waals surface area contributed by atoms with E-state index in [1.165, 1.54) is 0 Å². The molecule has 1 aromatic rings. The molecule has 0 amide bonds. The lowest BCUT2D eigenvalue weighted by Gasteiger charge is -2.14. The third-order valence-corrected chi connectivity index (χ3v) is 2.08. The van der Waals surface area contributed by atoms with E-state index < -0.39 is 0 Å². The van der Waals surface area contributed by atoms with Gasteiger partial charge in [-0.1, -0.05) is 0 Å². The van der Waals surface area contributed by atoms with Crippen molar-refractivity contribution in [2.45, 2.75) is 13.0 Å². The van der Waals surface area contributed by atoms with Gasteiger partial charge in [-0.3, -0.25) is 0 Å². The molecule has 14 heavy (non-hydrogen) atoms. The summed E-state index contributed by atoms with van der Waals surface area (Å²) in [6, 6.07) is 3.41. The topological polar surface area (TPSA) is 70.5 Å². The molecule has 0 spiro atoms. The summed E-state index contributed by atoms with van der Waals surface area (Å²) >= 11 is 0. The molecule has 1 aromatic carbocycles. The molecule has 0 unspecified atom stereocenters. The van der Waals surface area contributed by atoms with Crippen LogP contribution in [0.5, 0.6) is 11.5 Å². The molecule has 0 aliphatic carbocycles. The van der Waals surface area contributed by atoms with Gasteiger partial charge in [-0.2, -0.15) is 0 Å². The molecule has 0 radical (unpaired) electrons. The van der Waals surface area contributed by atoms with Crippen molar-refractivity contribution in [1.82, 2.24) is 0 Å². The molecule has 4 heteroatoms. The summed E-state index contributed by atoms with van der Waals surface area (Å²) in [5.74, 6) is 1.27. The maximum absolute atomic E-state index is 5.81. The summed E-state index contributed by atoms with van der Waals surface area (Å²) in [5, 5.41) is 0. The van der Waals surface area contributed by atoms with E-state index in [2.05, 4.69) is 0 Å². The highest BCUT2D eigenvalue weighted by molar-refractivity contribution is 5.58. The summed E-state index contributed by atoms with van der Waals surface area (Å²) in [5.41, 5.74) is 13.0. The van der Waals surface area contributed by atoms with E-state index in [4.69, 9.17) is 20.9 Å². The van der Waals surface area contributed by atoms with Gasteiger partial charge in [0.05, 0.1) is 14.2 Å². The van der Waals surface area contributed by atoms with Crippen molar-refractivity contribution in [1.29, 1.82) is 0 Å². The van der Waals surface area contributed by atoms with E-state index in [-0.39, 0.29) is 6.04 Å².